The molecule has 0 aliphatic rings. The summed E-state index contributed by atoms with van der Waals surface area (Å²) in [6.07, 6.45) is -4.31. The third-order valence-electron chi connectivity index (χ3n) is 3.30. The fourth-order valence-corrected chi connectivity index (χ4v) is 1.81. The van der Waals surface area contributed by atoms with Crippen molar-refractivity contribution < 1.29 is 17.9 Å². The van der Waals surface area contributed by atoms with Crippen molar-refractivity contribution in [3.63, 3.8) is 0 Å². The molecule has 0 aliphatic carbocycles. The Hall–Kier alpha value is -1.07. The van der Waals surface area contributed by atoms with Crippen LogP contribution in [0.4, 0.5) is 13.2 Å². The smallest absolute Gasteiger partial charge is 0.380 e. The summed E-state index contributed by atoms with van der Waals surface area (Å²) in [6, 6.07) is 5.27. The Balaban J connectivity index is 2.80. The minimum absolute atomic E-state index is 0.00625. The van der Waals surface area contributed by atoms with E-state index in [-0.39, 0.29) is 18.2 Å². The van der Waals surface area contributed by atoms with Crippen LogP contribution in [0.3, 0.4) is 0 Å². The van der Waals surface area contributed by atoms with E-state index >= 15 is 0 Å². The van der Waals surface area contributed by atoms with Crippen LogP contribution in [0.25, 0.3) is 0 Å². The van der Waals surface area contributed by atoms with E-state index in [9.17, 15) is 13.2 Å². The molecule has 3 unspecified atom stereocenters. The average Bonchev–Trinajstić information content (AvgIpc) is 2.36. The first-order valence-electron chi connectivity index (χ1n) is 6.21. The normalized spacial score (nSPS) is 17.0. The first-order valence-corrected chi connectivity index (χ1v) is 6.21. The van der Waals surface area contributed by atoms with Crippen LogP contribution < -0.4 is 5.32 Å². The molecule has 5 heteroatoms. The Labute approximate surface area is 112 Å². The molecular formula is C14H20F3NO. The summed E-state index contributed by atoms with van der Waals surface area (Å²) in [7, 11) is 1.61. The van der Waals surface area contributed by atoms with E-state index in [1.807, 2.05) is 20.8 Å². The molecule has 0 saturated carbocycles. The number of ether oxygens (including phenoxy) is 1. The highest BCUT2D eigenvalue weighted by Crippen LogP contribution is 2.30. The zero-order chi connectivity index (χ0) is 14.6. The lowest BCUT2D eigenvalue weighted by Crippen LogP contribution is -2.38. The summed E-state index contributed by atoms with van der Waals surface area (Å²) in [6.45, 7) is 5.70. The Morgan fingerprint density at radius 2 is 1.79 bits per heavy atom. The predicted molar refractivity (Wildman–Crippen MR) is 68.9 cm³/mol. The molecule has 0 heterocycles. The molecule has 0 radical (unpaired) electrons. The van der Waals surface area contributed by atoms with Gasteiger partial charge in [-0.15, -0.1) is 0 Å². The van der Waals surface area contributed by atoms with Crippen molar-refractivity contribution in [3.8, 4) is 0 Å². The summed E-state index contributed by atoms with van der Waals surface area (Å²) in [5.41, 5.74) is -0.00364. The molecule has 108 valence electrons. The van der Waals surface area contributed by atoms with Gasteiger partial charge in [-0.3, -0.25) is 0 Å². The SMILES string of the molecule is COC(C)C(C)NC(C)c1cccc(C(F)(F)F)c1. The number of halogens is 3. The molecule has 1 aromatic rings. The number of nitrogens with one attached hydrogen (secondary N) is 1. The quantitative estimate of drug-likeness (QED) is 0.883. The van der Waals surface area contributed by atoms with E-state index in [0.29, 0.717) is 5.56 Å². The summed E-state index contributed by atoms with van der Waals surface area (Å²) < 4.78 is 43.1. The molecule has 0 amide bonds. The molecule has 19 heavy (non-hydrogen) atoms. The third-order valence-corrected chi connectivity index (χ3v) is 3.30. The van der Waals surface area contributed by atoms with Crippen LogP contribution in [-0.4, -0.2) is 19.3 Å². The topological polar surface area (TPSA) is 21.3 Å². The van der Waals surface area contributed by atoms with Crippen LogP contribution in [0.2, 0.25) is 0 Å². The lowest BCUT2D eigenvalue weighted by molar-refractivity contribution is -0.137. The van der Waals surface area contributed by atoms with Gasteiger partial charge < -0.3 is 10.1 Å². The third kappa shape index (κ3) is 4.51. The standard InChI is InChI=1S/C14H20F3NO/c1-9(11(3)19-4)18-10(2)12-6-5-7-13(8-12)14(15,16)17/h5-11,18H,1-4H3. The van der Waals surface area contributed by atoms with Gasteiger partial charge in [-0.2, -0.15) is 13.2 Å². The first kappa shape index (κ1) is 16.0. The van der Waals surface area contributed by atoms with E-state index < -0.39 is 11.7 Å². The Kier molecular flexibility index (Phi) is 5.38. The minimum Gasteiger partial charge on any atom is -0.380 e. The maximum absolute atomic E-state index is 12.6. The fraction of sp³-hybridized carbons (Fsp3) is 0.571. The summed E-state index contributed by atoms with van der Waals surface area (Å²) in [5.74, 6) is 0. The van der Waals surface area contributed by atoms with Gasteiger partial charge in [0.1, 0.15) is 0 Å². The summed E-state index contributed by atoms with van der Waals surface area (Å²) in [5, 5.41) is 3.23. The number of hydrogen-bond donors (Lipinski definition) is 1. The summed E-state index contributed by atoms with van der Waals surface area (Å²) >= 11 is 0. The lowest BCUT2D eigenvalue weighted by atomic mass is 10.0. The molecule has 0 aliphatic heterocycles. The van der Waals surface area contributed by atoms with Crippen LogP contribution in [0.5, 0.6) is 0 Å². The summed E-state index contributed by atoms with van der Waals surface area (Å²) in [4.78, 5) is 0. The number of hydrogen-bond acceptors (Lipinski definition) is 2. The van der Waals surface area contributed by atoms with Gasteiger partial charge in [0.25, 0.3) is 0 Å². The van der Waals surface area contributed by atoms with E-state index in [0.717, 1.165) is 6.07 Å². The van der Waals surface area contributed by atoms with Gasteiger partial charge >= 0.3 is 6.18 Å². The average molecular weight is 275 g/mol. The maximum atomic E-state index is 12.6. The van der Waals surface area contributed by atoms with Crippen LogP contribution in [0.1, 0.15) is 37.9 Å². The number of rotatable bonds is 5. The van der Waals surface area contributed by atoms with E-state index in [1.165, 1.54) is 12.1 Å². The molecule has 0 aromatic heterocycles. The van der Waals surface area contributed by atoms with Gasteiger partial charge in [0, 0.05) is 19.2 Å². The molecule has 1 rings (SSSR count). The van der Waals surface area contributed by atoms with Crippen LogP contribution in [0, 0.1) is 0 Å². The van der Waals surface area contributed by atoms with Crippen molar-refractivity contribution in [2.45, 2.75) is 45.1 Å². The predicted octanol–water partition coefficient (Wildman–Crippen LogP) is 3.78. The van der Waals surface area contributed by atoms with Gasteiger partial charge in [0.05, 0.1) is 11.7 Å². The highest BCUT2D eigenvalue weighted by atomic mass is 19.4. The zero-order valence-corrected chi connectivity index (χ0v) is 11.6. The number of methoxy groups -OCH3 is 1. The molecule has 0 fully saturated rings. The van der Waals surface area contributed by atoms with Crippen LogP contribution >= 0.6 is 0 Å². The monoisotopic (exact) mass is 275 g/mol. The van der Waals surface area contributed by atoms with Crippen molar-refractivity contribution >= 4 is 0 Å². The van der Waals surface area contributed by atoms with Crippen molar-refractivity contribution in [1.82, 2.24) is 5.32 Å². The highest BCUT2D eigenvalue weighted by Gasteiger charge is 2.30. The van der Waals surface area contributed by atoms with Crippen molar-refractivity contribution in [2.24, 2.45) is 0 Å². The lowest BCUT2D eigenvalue weighted by Gasteiger charge is -2.25. The number of alkyl halides is 3. The van der Waals surface area contributed by atoms with E-state index in [1.54, 1.807) is 13.2 Å². The van der Waals surface area contributed by atoms with Crippen molar-refractivity contribution in [1.29, 1.82) is 0 Å². The van der Waals surface area contributed by atoms with Crippen LogP contribution in [-0.2, 0) is 10.9 Å². The van der Waals surface area contributed by atoms with Gasteiger partial charge in [-0.1, -0.05) is 12.1 Å². The van der Waals surface area contributed by atoms with Gasteiger partial charge in [-0.05, 0) is 38.5 Å². The Bertz CT molecular complexity index is 406. The molecule has 0 saturated heterocycles. The molecule has 1 N–H and O–H groups in total. The van der Waals surface area contributed by atoms with Crippen LogP contribution in [0.15, 0.2) is 24.3 Å². The molecular weight excluding hydrogens is 255 g/mol. The van der Waals surface area contributed by atoms with E-state index in [2.05, 4.69) is 5.32 Å². The van der Waals surface area contributed by atoms with Crippen molar-refractivity contribution in [3.05, 3.63) is 35.4 Å². The Morgan fingerprint density at radius 1 is 1.16 bits per heavy atom. The molecule has 0 spiro atoms. The zero-order valence-electron chi connectivity index (χ0n) is 11.6. The second-order valence-electron chi connectivity index (χ2n) is 4.74. The second kappa shape index (κ2) is 6.39. The fourth-order valence-electron chi connectivity index (χ4n) is 1.81. The second-order valence-corrected chi connectivity index (χ2v) is 4.74. The molecule has 1 aromatic carbocycles. The molecule has 3 atom stereocenters. The van der Waals surface area contributed by atoms with Gasteiger partial charge in [-0.25, -0.2) is 0 Å². The van der Waals surface area contributed by atoms with Gasteiger partial charge in [0.15, 0.2) is 0 Å². The molecule has 0 bridgehead atoms. The maximum Gasteiger partial charge on any atom is 0.416 e. The van der Waals surface area contributed by atoms with Gasteiger partial charge in [0.2, 0.25) is 0 Å². The largest absolute Gasteiger partial charge is 0.416 e. The minimum atomic E-state index is -4.30. The molecule has 2 nitrogen and oxygen atoms in total. The van der Waals surface area contributed by atoms with Crippen molar-refractivity contribution in [2.75, 3.05) is 7.11 Å². The van der Waals surface area contributed by atoms with E-state index in [4.69, 9.17) is 4.74 Å². The first-order chi connectivity index (χ1) is 8.75. The number of benzene rings is 1. The Morgan fingerprint density at radius 3 is 2.32 bits per heavy atom. The highest BCUT2D eigenvalue weighted by molar-refractivity contribution is 5.27.